The molecule has 0 aliphatic heterocycles. The molecule has 100 valence electrons. The Morgan fingerprint density at radius 3 is 2.78 bits per heavy atom. The van der Waals surface area contributed by atoms with Crippen LogP contribution in [0, 0.1) is 5.82 Å². The number of hydrogen-bond donors (Lipinski definition) is 1. The first-order valence-electron chi connectivity index (χ1n) is 5.36. The highest BCUT2D eigenvalue weighted by Crippen LogP contribution is 2.09. The lowest BCUT2D eigenvalue weighted by molar-refractivity contribution is -0.142. The number of esters is 1. The van der Waals surface area contributed by atoms with E-state index in [4.69, 9.17) is 0 Å². The number of sulfonamides is 1. The van der Waals surface area contributed by atoms with Crippen molar-refractivity contribution in [1.82, 2.24) is 4.72 Å². The molecule has 0 saturated carbocycles. The van der Waals surface area contributed by atoms with E-state index in [-0.39, 0.29) is 24.5 Å². The molecule has 0 aromatic heterocycles. The summed E-state index contributed by atoms with van der Waals surface area (Å²) in [4.78, 5) is 10.8. The molecule has 0 amide bonds. The van der Waals surface area contributed by atoms with E-state index in [1.807, 2.05) is 0 Å². The van der Waals surface area contributed by atoms with Crippen LogP contribution in [-0.4, -0.2) is 27.5 Å². The van der Waals surface area contributed by atoms with Gasteiger partial charge < -0.3 is 4.74 Å². The normalized spacial score (nSPS) is 11.2. The predicted octanol–water partition coefficient (Wildman–Crippen LogP) is 1.06. The summed E-state index contributed by atoms with van der Waals surface area (Å²) in [6, 6.07) is 4.63. The highest BCUT2D eigenvalue weighted by atomic mass is 32.2. The number of carbonyl (C=O) groups excluding carboxylic acids is 1. The third kappa shape index (κ3) is 4.42. The third-order valence-electron chi connectivity index (χ3n) is 2.03. The van der Waals surface area contributed by atoms with Gasteiger partial charge in [0.1, 0.15) is 5.82 Å². The first-order chi connectivity index (χ1) is 8.45. The largest absolute Gasteiger partial charge is 0.466 e. The van der Waals surface area contributed by atoms with E-state index >= 15 is 0 Å². The van der Waals surface area contributed by atoms with E-state index in [2.05, 4.69) is 9.46 Å². The Bertz CT molecular complexity index is 516. The summed E-state index contributed by atoms with van der Waals surface area (Å²) in [6.45, 7) is 1.82. The summed E-state index contributed by atoms with van der Waals surface area (Å²) in [5.41, 5.74) is 0. The summed E-state index contributed by atoms with van der Waals surface area (Å²) < 4.78 is 43.1. The van der Waals surface area contributed by atoms with Gasteiger partial charge in [-0.2, -0.15) is 0 Å². The molecule has 7 heteroatoms. The molecule has 0 bridgehead atoms. The monoisotopic (exact) mass is 275 g/mol. The second-order valence-electron chi connectivity index (χ2n) is 3.41. The Morgan fingerprint density at radius 1 is 1.44 bits per heavy atom. The summed E-state index contributed by atoms with van der Waals surface area (Å²) in [5, 5.41) is 0. The van der Waals surface area contributed by atoms with Gasteiger partial charge in [0.15, 0.2) is 0 Å². The maximum absolute atomic E-state index is 12.9. The zero-order valence-corrected chi connectivity index (χ0v) is 10.7. The van der Waals surface area contributed by atoms with Crippen LogP contribution >= 0.6 is 0 Å². The quantitative estimate of drug-likeness (QED) is 0.788. The zero-order chi connectivity index (χ0) is 13.6. The van der Waals surface area contributed by atoms with Crippen LogP contribution in [-0.2, 0) is 19.6 Å². The number of nitrogens with one attached hydrogen (secondary N) is 1. The summed E-state index contributed by atoms with van der Waals surface area (Å²) in [6.07, 6.45) is -0.0671. The van der Waals surface area contributed by atoms with Gasteiger partial charge in [-0.3, -0.25) is 4.79 Å². The Labute approximate surface area is 105 Å². The van der Waals surface area contributed by atoms with Crippen LogP contribution in [0.3, 0.4) is 0 Å². The van der Waals surface area contributed by atoms with E-state index in [1.165, 1.54) is 12.1 Å². The number of rotatable bonds is 6. The number of benzene rings is 1. The predicted molar refractivity (Wildman–Crippen MR) is 62.8 cm³/mol. The molecule has 0 saturated heterocycles. The molecule has 0 atom stereocenters. The molecule has 1 rings (SSSR count). The lowest BCUT2D eigenvalue weighted by Gasteiger charge is -2.06. The Kier molecular flexibility index (Phi) is 5.24. The minimum atomic E-state index is -3.79. The molecule has 18 heavy (non-hydrogen) atoms. The van der Waals surface area contributed by atoms with Crippen LogP contribution in [0.25, 0.3) is 0 Å². The van der Waals surface area contributed by atoms with Gasteiger partial charge in [0, 0.05) is 6.54 Å². The number of ether oxygens (including phenoxy) is 1. The van der Waals surface area contributed by atoms with Gasteiger partial charge in [-0.15, -0.1) is 0 Å². The fourth-order valence-corrected chi connectivity index (χ4v) is 2.30. The minimum absolute atomic E-state index is 0.0671. The summed E-state index contributed by atoms with van der Waals surface area (Å²) in [7, 11) is -3.79. The molecule has 1 N–H and O–H groups in total. The van der Waals surface area contributed by atoms with Crippen molar-refractivity contribution in [3.63, 3.8) is 0 Å². The zero-order valence-electron chi connectivity index (χ0n) is 9.85. The molecule has 0 radical (unpaired) electrons. The molecule has 1 aromatic rings. The van der Waals surface area contributed by atoms with Crippen molar-refractivity contribution in [1.29, 1.82) is 0 Å². The van der Waals surface area contributed by atoms with Gasteiger partial charge in [-0.1, -0.05) is 6.07 Å². The van der Waals surface area contributed by atoms with Crippen molar-refractivity contribution in [3.8, 4) is 0 Å². The standard InChI is InChI=1S/C11H14FNO4S/c1-2-17-11(14)6-7-13-18(15,16)10-5-3-4-9(12)8-10/h3-5,8,13H,2,6-7H2,1H3. The van der Waals surface area contributed by atoms with Crippen LogP contribution in [0.5, 0.6) is 0 Å². The molecule has 1 aromatic carbocycles. The van der Waals surface area contributed by atoms with Crippen LogP contribution < -0.4 is 4.72 Å². The molecule has 0 fully saturated rings. The van der Waals surface area contributed by atoms with Crippen molar-refractivity contribution < 1.29 is 22.3 Å². The number of carbonyl (C=O) groups is 1. The fourth-order valence-electron chi connectivity index (χ4n) is 1.24. The average Bonchev–Trinajstić information content (AvgIpc) is 2.29. The van der Waals surface area contributed by atoms with E-state index in [1.54, 1.807) is 6.92 Å². The van der Waals surface area contributed by atoms with E-state index in [9.17, 15) is 17.6 Å². The van der Waals surface area contributed by atoms with Gasteiger partial charge in [0.25, 0.3) is 0 Å². The maximum atomic E-state index is 12.9. The van der Waals surface area contributed by atoms with Gasteiger partial charge in [-0.05, 0) is 25.1 Å². The highest BCUT2D eigenvalue weighted by molar-refractivity contribution is 7.89. The average molecular weight is 275 g/mol. The lowest BCUT2D eigenvalue weighted by atomic mass is 10.4. The van der Waals surface area contributed by atoms with Gasteiger partial charge >= 0.3 is 5.97 Å². The highest BCUT2D eigenvalue weighted by Gasteiger charge is 2.14. The van der Waals surface area contributed by atoms with Crippen LogP contribution in [0.15, 0.2) is 29.2 Å². The van der Waals surface area contributed by atoms with Crippen molar-refractivity contribution >= 4 is 16.0 Å². The summed E-state index contributed by atoms with van der Waals surface area (Å²) >= 11 is 0. The van der Waals surface area contributed by atoms with Crippen molar-refractivity contribution in [2.24, 2.45) is 0 Å². The molecule has 0 spiro atoms. The maximum Gasteiger partial charge on any atom is 0.307 e. The first-order valence-corrected chi connectivity index (χ1v) is 6.85. The Hall–Kier alpha value is -1.47. The number of hydrogen-bond acceptors (Lipinski definition) is 4. The smallest absolute Gasteiger partial charge is 0.307 e. The molecule has 0 heterocycles. The molecule has 0 aliphatic carbocycles. The SMILES string of the molecule is CCOC(=O)CCNS(=O)(=O)c1cccc(F)c1. The van der Waals surface area contributed by atoms with Crippen LogP contribution in [0.1, 0.15) is 13.3 Å². The van der Waals surface area contributed by atoms with Gasteiger partial charge in [0.05, 0.1) is 17.9 Å². The molecule has 0 unspecified atom stereocenters. The number of halogens is 1. The van der Waals surface area contributed by atoms with E-state index in [0.717, 1.165) is 12.1 Å². The van der Waals surface area contributed by atoms with E-state index in [0.29, 0.717) is 0 Å². The lowest BCUT2D eigenvalue weighted by Crippen LogP contribution is -2.26. The Morgan fingerprint density at radius 2 is 2.17 bits per heavy atom. The molecule has 0 aliphatic rings. The second kappa shape index (κ2) is 6.46. The van der Waals surface area contributed by atoms with Crippen molar-refractivity contribution in [3.05, 3.63) is 30.1 Å². The van der Waals surface area contributed by atoms with Crippen molar-refractivity contribution in [2.45, 2.75) is 18.2 Å². The van der Waals surface area contributed by atoms with Crippen molar-refractivity contribution in [2.75, 3.05) is 13.2 Å². The topological polar surface area (TPSA) is 72.5 Å². The first kappa shape index (κ1) is 14.6. The fraction of sp³-hybridized carbons (Fsp3) is 0.364. The third-order valence-corrected chi connectivity index (χ3v) is 3.49. The minimum Gasteiger partial charge on any atom is -0.466 e. The van der Waals surface area contributed by atoms with E-state index < -0.39 is 21.8 Å². The van der Waals surface area contributed by atoms with Gasteiger partial charge in [-0.25, -0.2) is 17.5 Å². The van der Waals surface area contributed by atoms with Gasteiger partial charge in [0.2, 0.25) is 10.0 Å². The second-order valence-corrected chi connectivity index (χ2v) is 5.18. The van der Waals surface area contributed by atoms with Crippen LogP contribution in [0.2, 0.25) is 0 Å². The molecular formula is C11H14FNO4S. The Balaban J connectivity index is 2.58. The summed E-state index contributed by atoms with van der Waals surface area (Å²) in [5.74, 6) is -1.12. The molecule has 5 nitrogen and oxygen atoms in total. The van der Waals surface area contributed by atoms with Crippen LogP contribution in [0.4, 0.5) is 4.39 Å². The molecular weight excluding hydrogens is 261 g/mol.